The highest BCUT2D eigenvalue weighted by Gasteiger charge is 2.34. The van der Waals surface area contributed by atoms with Crippen molar-refractivity contribution in [1.82, 2.24) is 9.80 Å². The van der Waals surface area contributed by atoms with Gasteiger partial charge in [-0.05, 0) is 54.4 Å². The van der Waals surface area contributed by atoms with Crippen LogP contribution < -0.4 is 0 Å². The smallest absolute Gasteiger partial charge is 0.144 e. The maximum Gasteiger partial charge on any atom is 0.144 e. The minimum Gasteiger partial charge on any atom is -0.298 e. The standard InChI is InChI=1S/C15H19BrF2N2/c1-10-7-19-6-2-3-11(19)8-20(10)9-12-14(17)5-4-13(16)15(12)18/h4-5,10-11H,2-3,6-9H2,1H3. The van der Waals surface area contributed by atoms with Gasteiger partial charge in [0.05, 0.1) is 4.47 Å². The van der Waals surface area contributed by atoms with Gasteiger partial charge in [-0.1, -0.05) is 0 Å². The minimum absolute atomic E-state index is 0.178. The molecule has 3 rings (SSSR count). The fourth-order valence-electron chi connectivity index (χ4n) is 3.39. The molecule has 20 heavy (non-hydrogen) atoms. The zero-order valence-corrected chi connectivity index (χ0v) is 13.2. The molecule has 1 aromatic carbocycles. The zero-order chi connectivity index (χ0) is 14.3. The summed E-state index contributed by atoms with van der Waals surface area (Å²) in [5.74, 6) is -0.919. The number of fused-ring (bicyclic) bond motifs is 1. The third-order valence-electron chi connectivity index (χ3n) is 4.57. The Hall–Kier alpha value is -0.520. The van der Waals surface area contributed by atoms with Gasteiger partial charge in [0.1, 0.15) is 11.6 Å². The third kappa shape index (κ3) is 2.63. The molecule has 2 saturated heterocycles. The highest BCUT2D eigenvalue weighted by atomic mass is 79.9. The summed E-state index contributed by atoms with van der Waals surface area (Å²) in [6.45, 7) is 5.57. The first-order valence-corrected chi connectivity index (χ1v) is 7.96. The van der Waals surface area contributed by atoms with Crippen LogP contribution in [0.1, 0.15) is 25.3 Å². The van der Waals surface area contributed by atoms with E-state index >= 15 is 0 Å². The van der Waals surface area contributed by atoms with E-state index in [4.69, 9.17) is 0 Å². The van der Waals surface area contributed by atoms with Crippen LogP contribution >= 0.6 is 15.9 Å². The Kier molecular flexibility index (Phi) is 4.11. The number of piperazine rings is 1. The molecule has 0 aliphatic carbocycles. The first-order valence-electron chi connectivity index (χ1n) is 7.16. The molecule has 0 spiro atoms. The largest absolute Gasteiger partial charge is 0.298 e. The van der Waals surface area contributed by atoms with Gasteiger partial charge in [-0.15, -0.1) is 0 Å². The summed E-state index contributed by atoms with van der Waals surface area (Å²) in [5, 5.41) is 0. The Labute approximate surface area is 126 Å². The van der Waals surface area contributed by atoms with E-state index in [1.165, 1.54) is 31.5 Å². The second-order valence-corrected chi connectivity index (χ2v) is 6.75. The summed E-state index contributed by atoms with van der Waals surface area (Å²) in [5.41, 5.74) is 0.178. The van der Waals surface area contributed by atoms with Crippen LogP contribution in [-0.2, 0) is 6.54 Å². The van der Waals surface area contributed by atoms with E-state index in [0.29, 0.717) is 23.1 Å². The van der Waals surface area contributed by atoms with E-state index in [9.17, 15) is 8.78 Å². The molecule has 0 aromatic heterocycles. The molecule has 2 atom stereocenters. The number of hydrogen-bond donors (Lipinski definition) is 0. The fraction of sp³-hybridized carbons (Fsp3) is 0.600. The first-order chi connectivity index (χ1) is 9.56. The van der Waals surface area contributed by atoms with Crippen LogP contribution in [0.3, 0.4) is 0 Å². The molecular formula is C15H19BrF2N2. The predicted octanol–water partition coefficient (Wildman–Crippen LogP) is 3.40. The third-order valence-corrected chi connectivity index (χ3v) is 5.18. The number of nitrogens with zero attached hydrogens (tertiary/aromatic N) is 2. The number of rotatable bonds is 2. The van der Waals surface area contributed by atoms with Crippen molar-refractivity contribution in [3.8, 4) is 0 Å². The molecule has 2 unspecified atom stereocenters. The highest BCUT2D eigenvalue weighted by molar-refractivity contribution is 9.10. The monoisotopic (exact) mass is 344 g/mol. The highest BCUT2D eigenvalue weighted by Crippen LogP contribution is 2.28. The zero-order valence-electron chi connectivity index (χ0n) is 11.6. The quantitative estimate of drug-likeness (QED) is 0.758. The lowest BCUT2D eigenvalue weighted by molar-refractivity contribution is 0.0525. The molecule has 0 amide bonds. The molecule has 2 nitrogen and oxygen atoms in total. The van der Waals surface area contributed by atoms with Gasteiger partial charge in [0.2, 0.25) is 0 Å². The van der Waals surface area contributed by atoms with Gasteiger partial charge in [0.15, 0.2) is 0 Å². The van der Waals surface area contributed by atoms with Gasteiger partial charge in [0, 0.05) is 37.3 Å². The second-order valence-electron chi connectivity index (χ2n) is 5.89. The summed E-state index contributed by atoms with van der Waals surface area (Å²) in [6, 6.07) is 3.65. The molecular weight excluding hydrogens is 326 g/mol. The molecule has 0 radical (unpaired) electrons. The predicted molar refractivity (Wildman–Crippen MR) is 78.5 cm³/mol. The van der Waals surface area contributed by atoms with Crippen LogP contribution in [0.2, 0.25) is 0 Å². The molecule has 2 heterocycles. The van der Waals surface area contributed by atoms with E-state index in [0.717, 1.165) is 13.1 Å². The van der Waals surface area contributed by atoms with Crippen molar-refractivity contribution in [2.24, 2.45) is 0 Å². The topological polar surface area (TPSA) is 6.48 Å². The van der Waals surface area contributed by atoms with E-state index in [1.807, 2.05) is 0 Å². The average Bonchev–Trinajstić information content (AvgIpc) is 2.86. The Morgan fingerprint density at radius 2 is 2.10 bits per heavy atom. The van der Waals surface area contributed by atoms with Crippen molar-refractivity contribution in [1.29, 1.82) is 0 Å². The molecule has 1 aromatic rings. The van der Waals surface area contributed by atoms with Crippen LogP contribution in [-0.4, -0.2) is 41.5 Å². The summed E-state index contributed by atoms with van der Waals surface area (Å²) in [7, 11) is 0. The van der Waals surface area contributed by atoms with Crippen LogP contribution in [0.5, 0.6) is 0 Å². The molecule has 110 valence electrons. The van der Waals surface area contributed by atoms with Gasteiger partial charge in [0.25, 0.3) is 0 Å². The maximum atomic E-state index is 14.1. The molecule has 0 bridgehead atoms. The minimum atomic E-state index is -0.467. The molecule has 0 saturated carbocycles. The molecule has 2 aliphatic rings. The molecule has 5 heteroatoms. The Bertz CT molecular complexity index is 509. The van der Waals surface area contributed by atoms with Crippen molar-refractivity contribution in [2.75, 3.05) is 19.6 Å². The summed E-state index contributed by atoms with van der Waals surface area (Å²) >= 11 is 3.14. The lowest BCUT2D eigenvalue weighted by Crippen LogP contribution is -2.54. The van der Waals surface area contributed by atoms with E-state index in [2.05, 4.69) is 32.7 Å². The van der Waals surface area contributed by atoms with Crippen molar-refractivity contribution in [3.63, 3.8) is 0 Å². The summed E-state index contributed by atoms with van der Waals surface area (Å²) in [4.78, 5) is 4.72. The lowest BCUT2D eigenvalue weighted by atomic mass is 10.1. The van der Waals surface area contributed by atoms with Crippen LogP contribution in [0, 0.1) is 11.6 Å². The van der Waals surface area contributed by atoms with E-state index < -0.39 is 11.6 Å². The van der Waals surface area contributed by atoms with Crippen molar-refractivity contribution >= 4 is 15.9 Å². The van der Waals surface area contributed by atoms with Crippen molar-refractivity contribution in [2.45, 2.75) is 38.4 Å². The Balaban J connectivity index is 1.79. The normalized spacial score (nSPS) is 27.8. The van der Waals surface area contributed by atoms with Gasteiger partial charge < -0.3 is 0 Å². The van der Waals surface area contributed by atoms with Gasteiger partial charge in [-0.2, -0.15) is 0 Å². The summed E-state index contributed by atoms with van der Waals surface area (Å²) < 4.78 is 28.3. The van der Waals surface area contributed by atoms with E-state index in [1.54, 1.807) is 0 Å². The van der Waals surface area contributed by atoms with Gasteiger partial charge in [-0.3, -0.25) is 9.80 Å². The van der Waals surface area contributed by atoms with Crippen LogP contribution in [0.15, 0.2) is 16.6 Å². The molecule has 2 aliphatic heterocycles. The maximum absolute atomic E-state index is 14.1. The lowest BCUT2D eigenvalue weighted by Gasteiger charge is -2.42. The average molecular weight is 345 g/mol. The Morgan fingerprint density at radius 3 is 2.90 bits per heavy atom. The first kappa shape index (κ1) is 14.4. The number of benzene rings is 1. The molecule has 0 N–H and O–H groups in total. The van der Waals surface area contributed by atoms with Gasteiger partial charge >= 0.3 is 0 Å². The summed E-state index contributed by atoms with van der Waals surface area (Å²) in [6.07, 6.45) is 2.44. The van der Waals surface area contributed by atoms with Gasteiger partial charge in [-0.25, -0.2) is 8.78 Å². The van der Waals surface area contributed by atoms with Crippen molar-refractivity contribution in [3.05, 3.63) is 33.8 Å². The SMILES string of the molecule is CC1CN2CCCC2CN1Cc1c(F)ccc(Br)c1F. The number of halogens is 3. The van der Waals surface area contributed by atoms with E-state index in [-0.39, 0.29) is 5.56 Å². The fourth-order valence-corrected chi connectivity index (χ4v) is 3.76. The second kappa shape index (κ2) is 5.70. The molecule has 2 fully saturated rings. The Morgan fingerprint density at radius 1 is 1.30 bits per heavy atom. The van der Waals surface area contributed by atoms with Crippen molar-refractivity contribution < 1.29 is 8.78 Å². The van der Waals surface area contributed by atoms with Crippen LogP contribution in [0.25, 0.3) is 0 Å². The van der Waals surface area contributed by atoms with Crippen LogP contribution in [0.4, 0.5) is 8.78 Å². The number of hydrogen-bond acceptors (Lipinski definition) is 2.